The fourth-order valence-electron chi connectivity index (χ4n) is 3.33. The Hall–Kier alpha value is -2.24. The van der Waals surface area contributed by atoms with Crippen molar-refractivity contribution < 1.29 is 24.2 Å². The molecular weight excluding hydrogens is 334 g/mol. The van der Waals surface area contributed by atoms with Gasteiger partial charge in [-0.2, -0.15) is 0 Å². The summed E-state index contributed by atoms with van der Waals surface area (Å²) in [6.45, 7) is 3.88. The molecule has 0 bridgehead atoms. The second-order valence-electron chi connectivity index (χ2n) is 7.66. The minimum Gasteiger partial charge on any atom is -0.493 e. The molecule has 0 saturated heterocycles. The summed E-state index contributed by atoms with van der Waals surface area (Å²) in [6, 6.07) is 5.64. The van der Waals surface area contributed by atoms with Crippen molar-refractivity contribution in [3.8, 4) is 11.5 Å². The monoisotopic (exact) mass is 363 g/mol. The number of carbonyl (C=O) groups excluding carboxylic acids is 1. The smallest absolute Gasteiger partial charge is 0.303 e. The Morgan fingerprint density at radius 1 is 1.23 bits per heavy atom. The second-order valence-corrected chi connectivity index (χ2v) is 7.66. The summed E-state index contributed by atoms with van der Waals surface area (Å²) in [7, 11) is 1.60. The summed E-state index contributed by atoms with van der Waals surface area (Å²) in [5, 5.41) is 11.8. The van der Waals surface area contributed by atoms with Gasteiger partial charge in [0.15, 0.2) is 11.5 Å². The molecule has 1 saturated carbocycles. The molecule has 1 fully saturated rings. The van der Waals surface area contributed by atoms with E-state index >= 15 is 0 Å². The van der Waals surface area contributed by atoms with Gasteiger partial charge in [-0.05, 0) is 37.2 Å². The Kier molecular flexibility index (Phi) is 6.89. The van der Waals surface area contributed by atoms with Crippen molar-refractivity contribution in [1.82, 2.24) is 5.32 Å². The highest BCUT2D eigenvalue weighted by Crippen LogP contribution is 2.35. The Balaban J connectivity index is 2.01. The number of hydrogen-bond donors (Lipinski definition) is 2. The third kappa shape index (κ3) is 5.93. The first-order valence-electron chi connectivity index (χ1n) is 9.12. The van der Waals surface area contributed by atoms with Crippen molar-refractivity contribution in [3.63, 3.8) is 0 Å². The molecule has 26 heavy (non-hydrogen) atoms. The second kappa shape index (κ2) is 8.92. The maximum atomic E-state index is 12.2. The van der Waals surface area contributed by atoms with Gasteiger partial charge in [-0.15, -0.1) is 0 Å². The first-order chi connectivity index (χ1) is 12.3. The van der Waals surface area contributed by atoms with Crippen LogP contribution in [0.3, 0.4) is 0 Å². The van der Waals surface area contributed by atoms with Crippen LogP contribution in [0, 0.1) is 5.41 Å². The molecule has 1 aromatic carbocycles. The van der Waals surface area contributed by atoms with Crippen molar-refractivity contribution in [1.29, 1.82) is 0 Å². The van der Waals surface area contributed by atoms with Crippen LogP contribution in [-0.4, -0.2) is 30.2 Å². The van der Waals surface area contributed by atoms with E-state index in [2.05, 4.69) is 5.32 Å². The highest BCUT2D eigenvalue weighted by atomic mass is 16.5. The zero-order chi connectivity index (χ0) is 19.2. The summed E-state index contributed by atoms with van der Waals surface area (Å²) in [5.41, 5.74) is 0.272. The number of ether oxygens (including phenoxy) is 2. The molecule has 1 aromatic rings. The lowest BCUT2D eigenvalue weighted by Crippen LogP contribution is -2.30. The Morgan fingerprint density at radius 3 is 2.54 bits per heavy atom. The number of methoxy groups -OCH3 is 1. The predicted molar refractivity (Wildman–Crippen MR) is 98.4 cm³/mol. The van der Waals surface area contributed by atoms with Gasteiger partial charge < -0.3 is 19.9 Å². The molecule has 0 radical (unpaired) electrons. The lowest BCUT2D eigenvalue weighted by molar-refractivity contribution is -0.139. The lowest BCUT2D eigenvalue weighted by atomic mass is 9.85. The Labute approximate surface area is 154 Å². The van der Waals surface area contributed by atoms with Crippen molar-refractivity contribution in [2.75, 3.05) is 7.11 Å². The SMILES string of the molecule is COc1cccc(CNC(=O)CC(C)(C)CC(=O)O)c1OC1CCCC1. The van der Waals surface area contributed by atoms with E-state index in [1.165, 1.54) is 12.8 Å². The molecule has 2 rings (SSSR count). The molecular formula is C20H29NO5. The highest BCUT2D eigenvalue weighted by molar-refractivity contribution is 5.78. The summed E-state index contributed by atoms with van der Waals surface area (Å²) in [5.74, 6) is 0.274. The van der Waals surface area contributed by atoms with E-state index < -0.39 is 11.4 Å². The molecule has 0 aliphatic heterocycles. The largest absolute Gasteiger partial charge is 0.493 e. The quantitative estimate of drug-likeness (QED) is 0.701. The molecule has 0 aromatic heterocycles. The van der Waals surface area contributed by atoms with Gasteiger partial charge in [0.25, 0.3) is 0 Å². The van der Waals surface area contributed by atoms with Crippen LogP contribution in [0.15, 0.2) is 18.2 Å². The lowest BCUT2D eigenvalue weighted by Gasteiger charge is -2.22. The highest BCUT2D eigenvalue weighted by Gasteiger charge is 2.25. The van der Waals surface area contributed by atoms with E-state index in [9.17, 15) is 9.59 Å². The van der Waals surface area contributed by atoms with E-state index in [-0.39, 0.29) is 24.9 Å². The number of amides is 1. The molecule has 6 heteroatoms. The summed E-state index contributed by atoms with van der Waals surface area (Å²) < 4.78 is 11.6. The van der Waals surface area contributed by atoms with Gasteiger partial charge in [-0.1, -0.05) is 26.0 Å². The molecule has 6 nitrogen and oxygen atoms in total. The first-order valence-corrected chi connectivity index (χ1v) is 9.12. The fourth-order valence-corrected chi connectivity index (χ4v) is 3.33. The van der Waals surface area contributed by atoms with Crippen LogP contribution in [-0.2, 0) is 16.1 Å². The van der Waals surface area contributed by atoms with Crippen LogP contribution in [0.4, 0.5) is 0 Å². The van der Waals surface area contributed by atoms with Crippen molar-refractivity contribution in [2.45, 2.75) is 65.0 Å². The van der Waals surface area contributed by atoms with Gasteiger partial charge in [0.05, 0.1) is 19.6 Å². The molecule has 2 N–H and O–H groups in total. The van der Waals surface area contributed by atoms with Crippen LogP contribution < -0.4 is 14.8 Å². The van der Waals surface area contributed by atoms with Crippen LogP contribution in [0.25, 0.3) is 0 Å². The first kappa shape index (κ1) is 20.1. The predicted octanol–water partition coefficient (Wildman–Crippen LogP) is 3.52. The molecule has 1 aliphatic rings. The van der Waals surface area contributed by atoms with Crippen LogP contribution >= 0.6 is 0 Å². The van der Waals surface area contributed by atoms with Crippen molar-refractivity contribution in [2.24, 2.45) is 5.41 Å². The van der Waals surface area contributed by atoms with Gasteiger partial charge in [0.1, 0.15) is 0 Å². The molecule has 0 atom stereocenters. The van der Waals surface area contributed by atoms with Gasteiger partial charge in [-0.25, -0.2) is 0 Å². The molecule has 0 spiro atoms. The third-order valence-electron chi connectivity index (χ3n) is 4.61. The summed E-state index contributed by atoms with van der Waals surface area (Å²) in [4.78, 5) is 23.1. The van der Waals surface area contributed by atoms with Gasteiger partial charge in [0.2, 0.25) is 5.91 Å². The van der Waals surface area contributed by atoms with Crippen LogP contribution in [0.5, 0.6) is 11.5 Å². The number of carboxylic acid groups (broad SMARTS) is 1. The van der Waals surface area contributed by atoms with Crippen LogP contribution in [0.2, 0.25) is 0 Å². The maximum absolute atomic E-state index is 12.2. The van der Waals surface area contributed by atoms with E-state index in [0.717, 1.165) is 18.4 Å². The van der Waals surface area contributed by atoms with E-state index in [0.29, 0.717) is 18.0 Å². The Bertz CT molecular complexity index is 635. The van der Waals surface area contributed by atoms with E-state index in [1.54, 1.807) is 21.0 Å². The Morgan fingerprint density at radius 2 is 1.92 bits per heavy atom. The van der Waals surface area contributed by atoms with Gasteiger partial charge >= 0.3 is 5.97 Å². The number of rotatable bonds is 9. The molecule has 1 amide bonds. The fraction of sp³-hybridized carbons (Fsp3) is 0.600. The standard InChI is InChI=1S/C20H29NO5/c1-20(2,12-18(23)24)11-17(22)21-13-14-7-6-10-16(25-3)19(14)26-15-8-4-5-9-15/h6-7,10,15H,4-5,8-9,11-13H2,1-3H3,(H,21,22)(H,23,24). The minimum atomic E-state index is -0.900. The maximum Gasteiger partial charge on any atom is 0.303 e. The average molecular weight is 363 g/mol. The minimum absolute atomic E-state index is 0.0460. The topological polar surface area (TPSA) is 84.9 Å². The van der Waals surface area contributed by atoms with Crippen molar-refractivity contribution in [3.05, 3.63) is 23.8 Å². The number of carbonyl (C=O) groups is 2. The van der Waals surface area contributed by atoms with Gasteiger partial charge in [-0.3, -0.25) is 9.59 Å². The molecule has 0 heterocycles. The zero-order valence-electron chi connectivity index (χ0n) is 15.8. The molecule has 0 unspecified atom stereocenters. The average Bonchev–Trinajstić information content (AvgIpc) is 3.05. The van der Waals surface area contributed by atoms with Gasteiger partial charge in [0, 0.05) is 18.5 Å². The number of benzene rings is 1. The number of carboxylic acids is 1. The number of hydrogen-bond acceptors (Lipinski definition) is 4. The number of nitrogens with one attached hydrogen (secondary N) is 1. The molecule has 1 aliphatic carbocycles. The van der Waals surface area contributed by atoms with Crippen LogP contribution in [0.1, 0.15) is 57.9 Å². The summed E-state index contributed by atoms with van der Waals surface area (Å²) >= 11 is 0. The molecule has 144 valence electrons. The number of para-hydroxylation sites is 1. The van der Waals surface area contributed by atoms with Crippen molar-refractivity contribution >= 4 is 11.9 Å². The summed E-state index contributed by atoms with van der Waals surface area (Å²) in [6.07, 6.45) is 4.71. The number of aliphatic carboxylic acids is 1. The third-order valence-corrected chi connectivity index (χ3v) is 4.61. The normalized spacial score (nSPS) is 14.9. The van der Waals surface area contributed by atoms with E-state index in [4.69, 9.17) is 14.6 Å². The zero-order valence-corrected chi connectivity index (χ0v) is 15.8. The van der Waals surface area contributed by atoms with E-state index in [1.807, 2.05) is 18.2 Å².